The molecule has 1 fully saturated rings. The number of benzene rings is 3. The molecule has 0 bridgehead atoms. The number of hydrogen-bond donors (Lipinski definition) is 5. The van der Waals surface area contributed by atoms with E-state index >= 15 is 0 Å². The smallest absolute Gasteiger partial charge is 0.335 e. The van der Waals surface area contributed by atoms with E-state index in [0.717, 1.165) is 28.7 Å². The molecule has 1 aliphatic rings. The standard InChI is InChI=1S/C32H37NO8/c1-4-25(20-8-6-5-7-9-20)26(21-10-14-23(34)15-11-21)22-12-16-24(17-13-22)40-19-18-33(2,3)31-29(37)27(35)28(36)30(41-31)32(38)39/h5-17,27-31,35-37H,4,18-19H2,1-3H3,(H-,34,38,39)/p+1/b26-25-. The number of allylic oxidation sites excluding steroid dienone is 1. The number of aromatic hydroxyl groups is 1. The molecule has 0 saturated carbocycles. The summed E-state index contributed by atoms with van der Waals surface area (Å²) in [6, 6.07) is 25.1. The molecular formula is C32H38NO8+. The van der Waals surface area contributed by atoms with Gasteiger partial charge in [0.15, 0.2) is 12.2 Å². The van der Waals surface area contributed by atoms with Gasteiger partial charge in [0.2, 0.25) is 6.23 Å². The van der Waals surface area contributed by atoms with Crippen LogP contribution in [0.25, 0.3) is 11.1 Å². The molecule has 218 valence electrons. The van der Waals surface area contributed by atoms with E-state index in [1.165, 1.54) is 5.57 Å². The van der Waals surface area contributed by atoms with Gasteiger partial charge < -0.3 is 35.0 Å². The zero-order chi connectivity index (χ0) is 29.7. The first-order valence-corrected chi connectivity index (χ1v) is 13.6. The first-order valence-electron chi connectivity index (χ1n) is 13.6. The van der Waals surface area contributed by atoms with Crippen LogP contribution in [0.15, 0.2) is 78.9 Å². The Hall–Kier alpha value is -3.73. The van der Waals surface area contributed by atoms with Crippen molar-refractivity contribution in [1.29, 1.82) is 0 Å². The van der Waals surface area contributed by atoms with Crippen LogP contribution in [0.4, 0.5) is 0 Å². The molecule has 0 amide bonds. The summed E-state index contributed by atoms with van der Waals surface area (Å²) in [7, 11) is 3.46. The van der Waals surface area contributed by atoms with Crippen LogP contribution < -0.4 is 4.74 Å². The Bertz CT molecular complexity index is 1340. The Labute approximate surface area is 239 Å². The fourth-order valence-corrected chi connectivity index (χ4v) is 5.20. The maximum atomic E-state index is 11.5. The Kier molecular flexibility index (Phi) is 9.47. The molecular weight excluding hydrogens is 526 g/mol. The Morgan fingerprint density at radius 3 is 1.98 bits per heavy atom. The molecule has 0 aromatic heterocycles. The highest BCUT2D eigenvalue weighted by atomic mass is 16.6. The minimum atomic E-state index is -1.73. The topological polar surface area (TPSA) is 137 Å². The van der Waals surface area contributed by atoms with Crippen molar-refractivity contribution < 1.29 is 44.3 Å². The van der Waals surface area contributed by atoms with Gasteiger partial charge in [-0.2, -0.15) is 0 Å². The van der Waals surface area contributed by atoms with Crippen molar-refractivity contribution in [2.45, 2.75) is 44.0 Å². The quantitative estimate of drug-likeness (QED) is 0.187. The predicted molar refractivity (Wildman–Crippen MR) is 154 cm³/mol. The molecule has 0 aliphatic carbocycles. The van der Waals surface area contributed by atoms with Gasteiger partial charge in [0.1, 0.15) is 36.9 Å². The summed E-state index contributed by atoms with van der Waals surface area (Å²) in [5.74, 6) is -0.587. The van der Waals surface area contributed by atoms with Crippen LogP contribution in [-0.2, 0) is 9.53 Å². The Morgan fingerprint density at radius 1 is 0.829 bits per heavy atom. The van der Waals surface area contributed by atoms with E-state index in [0.29, 0.717) is 12.3 Å². The van der Waals surface area contributed by atoms with Crippen molar-refractivity contribution in [3.05, 3.63) is 95.6 Å². The van der Waals surface area contributed by atoms with Gasteiger partial charge in [-0.3, -0.25) is 4.48 Å². The highest BCUT2D eigenvalue weighted by molar-refractivity contribution is 5.98. The van der Waals surface area contributed by atoms with Gasteiger partial charge >= 0.3 is 5.97 Å². The third kappa shape index (κ3) is 6.78. The number of aliphatic carboxylic acids is 1. The SMILES string of the molecule is CC/C(=C(\c1ccc(O)cc1)c1ccc(OCC[N+](C)(C)C2OC(C(=O)O)C(O)C(O)C2O)cc1)c1ccccc1. The van der Waals surface area contributed by atoms with Crippen LogP contribution in [-0.4, -0.2) is 93.9 Å². The highest BCUT2D eigenvalue weighted by Crippen LogP contribution is 2.35. The van der Waals surface area contributed by atoms with Crippen LogP contribution in [0.2, 0.25) is 0 Å². The number of carboxylic acid groups (broad SMARTS) is 1. The number of aliphatic hydroxyl groups excluding tert-OH is 3. The van der Waals surface area contributed by atoms with E-state index in [1.807, 2.05) is 54.6 Å². The van der Waals surface area contributed by atoms with E-state index in [-0.39, 0.29) is 16.8 Å². The van der Waals surface area contributed by atoms with Gasteiger partial charge in [0.25, 0.3) is 0 Å². The number of quaternary nitrogens is 1. The van der Waals surface area contributed by atoms with Crippen molar-refractivity contribution in [2.24, 2.45) is 0 Å². The van der Waals surface area contributed by atoms with E-state index in [1.54, 1.807) is 26.2 Å². The number of likely N-dealkylation sites (N-methyl/N-ethyl adjacent to an activating group) is 1. The number of phenols is 1. The monoisotopic (exact) mass is 564 g/mol. The largest absolute Gasteiger partial charge is 0.508 e. The number of phenolic OH excluding ortho intramolecular Hbond substituents is 1. The maximum absolute atomic E-state index is 11.5. The first-order chi connectivity index (χ1) is 19.5. The molecule has 0 radical (unpaired) electrons. The summed E-state index contributed by atoms with van der Waals surface area (Å²) < 4.78 is 11.5. The molecule has 41 heavy (non-hydrogen) atoms. The van der Waals surface area contributed by atoms with Crippen LogP contribution in [0.3, 0.4) is 0 Å². The average molecular weight is 565 g/mol. The second kappa shape index (κ2) is 12.8. The second-order valence-electron chi connectivity index (χ2n) is 10.8. The van der Waals surface area contributed by atoms with Gasteiger partial charge in [-0.15, -0.1) is 0 Å². The van der Waals surface area contributed by atoms with Gasteiger partial charge in [-0.25, -0.2) is 4.79 Å². The van der Waals surface area contributed by atoms with E-state index < -0.39 is 36.6 Å². The summed E-state index contributed by atoms with van der Waals surface area (Å²) in [4.78, 5) is 11.5. The molecule has 1 saturated heterocycles. The highest BCUT2D eigenvalue weighted by Gasteiger charge is 2.52. The van der Waals surface area contributed by atoms with Crippen molar-refractivity contribution in [2.75, 3.05) is 27.2 Å². The summed E-state index contributed by atoms with van der Waals surface area (Å²) in [6.45, 7) is 2.66. The zero-order valence-corrected chi connectivity index (χ0v) is 23.4. The van der Waals surface area contributed by atoms with Crippen molar-refractivity contribution in [3.8, 4) is 11.5 Å². The second-order valence-corrected chi connectivity index (χ2v) is 10.8. The molecule has 5 atom stereocenters. The number of aliphatic hydroxyl groups is 3. The van der Waals surface area contributed by atoms with Gasteiger partial charge in [-0.1, -0.05) is 61.5 Å². The summed E-state index contributed by atoms with van der Waals surface area (Å²) in [6.07, 6.45) is -6.79. The molecule has 3 aromatic carbocycles. The number of ether oxygens (including phenoxy) is 2. The van der Waals surface area contributed by atoms with E-state index in [2.05, 4.69) is 19.1 Å². The fraction of sp³-hybridized carbons (Fsp3) is 0.344. The lowest BCUT2D eigenvalue weighted by molar-refractivity contribution is -0.944. The first kappa shape index (κ1) is 30.2. The molecule has 9 heteroatoms. The number of carboxylic acids is 1. The van der Waals surface area contributed by atoms with E-state index in [4.69, 9.17) is 9.47 Å². The molecule has 5 unspecified atom stereocenters. The molecule has 9 nitrogen and oxygen atoms in total. The zero-order valence-electron chi connectivity index (χ0n) is 23.4. The van der Waals surface area contributed by atoms with Crippen LogP contribution in [0, 0.1) is 0 Å². The van der Waals surface area contributed by atoms with Gasteiger partial charge in [0.05, 0.1) is 14.1 Å². The van der Waals surface area contributed by atoms with Crippen molar-refractivity contribution >= 4 is 17.1 Å². The summed E-state index contributed by atoms with van der Waals surface area (Å²) in [5.41, 5.74) is 5.32. The van der Waals surface area contributed by atoms with Crippen LogP contribution in [0.1, 0.15) is 30.0 Å². The molecule has 0 spiro atoms. The number of carbonyl (C=O) groups is 1. The molecule has 4 rings (SSSR count). The van der Waals surface area contributed by atoms with Crippen molar-refractivity contribution in [1.82, 2.24) is 0 Å². The fourth-order valence-electron chi connectivity index (χ4n) is 5.20. The van der Waals surface area contributed by atoms with Gasteiger partial charge in [0, 0.05) is 0 Å². The lowest BCUT2D eigenvalue weighted by Crippen LogP contribution is -2.68. The Morgan fingerprint density at radius 2 is 1.41 bits per heavy atom. The van der Waals surface area contributed by atoms with Crippen molar-refractivity contribution in [3.63, 3.8) is 0 Å². The minimum Gasteiger partial charge on any atom is -0.508 e. The van der Waals surface area contributed by atoms with E-state index in [9.17, 15) is 30.3 Å². The van der Waals surface area contributed by atoms with Gasteiger partial charge in [-0.05, 0) is 58.5 Å². The van der Waals surface area contributed by atoms with Crippen LogP contribution >= 0.6 is 0 Å². The number of nitrogens with zero attached hydrogens (tertiary/aromatic N) is 1. The normalized spacial score (nSPS) is 23.5. The molecule has 1 aliphatic heterocycles. The predicted octanol–water partition coefficient (Wildman–Crippen LogP) is 3.11. The number of rotatable bonds is 10. The Balaban J connectivity index is 1.51. The molecule has 1 heterocycles. The third-order valence-electron chi connectivity index (χ3n) is 7.53. The minimum absolute atomic E-state index is 0.00250. The third-order valence-corrected chi connectivity index (χ3v) is 7.53. The molecule has 5 N–H and O–H groups in total. The number of hydrogen-bond acceptors (Lipinski definition) is 7. The maximum Gasteiger partial charge on any atom is 0.335 e. The average Bonchev–Trinajstić information content (AvgIpc) is 2.96. The van der Waals surface area contributed by atoms with Crippen LogP contribution in [0.5, 0.6) is 11.5 Å². The lowest BCUT2D eigenvalue weighted by atomic mass is 9.88. The molecule has 3 aromatic rings. The lowest BCUT2D eigenvalue weighted by Gasteiger charge is -2.46. The summed E-state index contributed by atoms with van der Waals surface area (Å²) >= 11 is 0. The summed E-state index contributed by atoms with van der Waals surface area (Å²) in [5, 5.41) is 49.9.